The number of rotatable bonds is 9. The van der Waals surface area contributed by atoms with Crippen molar-refractivity contribution in [1.29, 1.82) is 5.26 Å². The van der Waals surface area contributed by atoms with Gasteiger partial charge < -0.3 is 20.3 Å². The molecule has 9 heteroatoms. The van der Waals surface area contributed by atoms with Gasteiger partial charge in [-0.15, -0.1) is 0 Å². The number of carbonyl (C=O) groups is 3. The summed E-state index contributed by atoms with van der Waals surface area (Å²) in [5, 5.41) is 24.2. The summed E-state index contributed by atoms with van der Waals surface area (Å²) < 4.78 is 1.56. The van der Waals surface area contributed by atoms with Gasteiger partial charge in [0, 0.05) is 30.5 Å². The summed E-state index contributed by atoms with van der Waals surface area (Å²) in [6.45, 7) is 5.47. The van der Waals surface area contributed by atoms with E-state index >= 15 is 0 Å². The van der Waals surface area contributed by atoms with Gasteiger partial charge in [0.1, 0.15) is 12.1 Å². The highest BCUT2D eigenvalue weighted by molar-refractivity contribution is 5.98. The van der Waals surface area contributed by atoms with E-state index in [0.29, 0.717) is 11.3 Å². The van der Waals surface area contributed by atoms with Crippen LogP contribution in [0.3, 0.4) is 0 Å². The molecule has 0 aliphatic rings. The highest BCUT2D eigenvalue weighted by Crippen LogP contribution is 2.28. The van der Waals surface area contributed by atoms with E-state index in [2.05, 4.69) is 21.7 Å². The number of nitriles is 1. The Morgan fingerprint density at radius 2 is 1.44 bits per heavy atom. The third-order valence-electron chi connectivity index (χ3n) is 6.67. The second-order valence-electron chi connectivity index (χ2n) is 10.8. The summed E-state index contributed by atoms with van der Waals surface area (Å²) in [4.78, 5) is 42.3. The normalized spacial score (nSPS) is 12.5. The molecule has 0 fully saturated rings. The van der Waals surface area contributed by atoms with E-state index in [1.807, 2.05) is 63.2 Å². The molecule has 2 amide bonds. The Bertz CT molecular complexity index is 1560. The van der Waals surface area contributed by atoms with E-state index in [0.717, 1.165) is 22.3 Å². The van der Waals surface area contributed by atoms with Gasteiger partial charge in [-0.1, -0.05) is 57.2 Å². The lowest BCUT2D eigenvalue weighted by Crippen LogP contribution is -2.53. The van der Waals surface area contributed by atoms with Crippen LogP contribution in [0.4, 0.5) is 5.69 Å². The van der Waals surface area contributed by atoms with Crippen LogP contribution in [0.25, 0.3) is 22.3 Å². The zero-order chi connectivity index (χ0) is 29.6. The molecule has 1 unspecified atom stereocenters. The molecule has 0 radical (unpaired) electrons. The topological polar surface area (TPSA) is 137 Å². The Morgan fingerprint density at radius 3 is 1.98 bits per heavy atom. The predicted octanol–water partition coefficient (Wildman–Crippen LogP) is 5.27. The molecule has 4 aromatic rings. The van der Waals surface area contributed by atoms with Crippen LogP contribution in [0, 0.1) is 16.7 Å². The maximum Gasteiger partial charge on any atom is 0.306 e. The Hall–Kier alpha value is -5.23. The van der Waals surface area contributed by atoms with Crippen LogP contribution in [0.1, 0.15) is 38.8 Å². The van der Waals surface area contributed by atoms with E-state index in [-0.39, 0.29) is 0 Å². The molecule has 3 N–H and O–H groups in total. The molecule has 0 saturated heterocycles. The van der Waals surface area contributed by atoms with Crippen LogP contribution in [0.2, 0.25) is 0 Å². The van der Waals surface area contributed by atoms with Crippen molar-refractivity contribution in [3.8, 4) is 28.3 Å². The number of nitrogens with one attached hydrogen (secondary N) is 2. The number of carbonyl (C=O) groups excluding carboxylic acids is 2. The highest BCUT2D eigenvalue weighted by Gasteiger charge is 2.35. The van der Waals surface area contributed by atoms with Gasteiger partial charge in [-0.25, -0.2) is 0 Å². The maximum absolute atomic E-state index is 13.5. The number of benzene rings is 2. The number of hydrogen-bond donors (Lipinski definition) is 3. The average molecular weight is 550 g/mol. The van der Waals surface area contributed by atoms with Crippen molar-refractivity contribution in [2.24, 2.45) is 5.41 Å². The number of anilines is 1. The molecule has 2 aromatic carbocycles. The first kappa shape index (κ1) is 28.8. The average Bonchev–Trinajstić information content (AvgIpc) is 3.44. The van der Waals surface area contributed by atoms with Crippen molar-refractivity contribution < 1.29 is 19.5 Å². The third-order valence-corrected chi connectivity index (χ3v) is 6.67. The van der Waals surface area contributed by atoms with E-state index < -0.39 is 41.7 Å². The Morgan fingerprint density at radius 1 is 0.878 bits per heavy atom. The number of amides is 2. The summed E-state index contributed by atoms with van der Waals surface area (Å²) in [6, 6.07) is 20.3. The van der Waals surface area contributed by atoms with Gasteiger partial charge in [0.15, 0.2) is 0 Å². The van der Waals surface area contributed by atoms with Crippen LogP contribution >= 0.6 is 0 Å². The Labute approximate surface area is 238 Å². The fraction of sp³-hybridized carbons (Fsp3) is 0.219. The summed E-state index contributed by atoms with van der Waals surface area (Å²) >= 11 is 0. The smallest absolute Gasteiger partial charge is 0.306 e. The van der Waals surface area contributed by atoms with E-state index in [1.165, 1.54) is 0 Å². The van der Waals surface area contributed by atoms with Crippen molar-refractivity contribution in [1.82, 2.24) is 14.9 Å². The van der Waals surface area contributed by atoms with Crippen molar-refractivity contribution in [3.05, 3.63) is 97.1 Å². The molecule has 0 saturated carbocycles. The van der Waals surface area contributed by atoms with Crippen molar-refractivity contribution in [3.63, 3.8) is 0 Å². The SMILES string of the molecule is CC(C)(C)C(NC(=O)[C@@H](CC(=O)O)n1ccc(-c2ccc(-c3ccc(C#N)cc3)cc2)c1)C(=O)Nc1ccncc1. The fourth-order valence-electron chi connectivity index (χ4n) is 4.43. The van der Waals surface area contributed by atoms with Crippen LogP contribution < -0.4 is 10.6 Å². The monoisotopic (exact) mass is 549 g/mol. The van der Waals surface area contributed by atoms with Gasteiger partial charge >= 0.3 is 5.97 Å². The van der Waals surface area contributed by atoms with Crippen LogP contribution in [0.15, 0.2) is 91.5 Å². The third kappa shape index (κ3) is 7.25. The molecule has 41 heavy (non-hydrogen) atoms. The quantitative estimate of drug-likeness (QED) is 0.260. The minimum atomic E-state index is -1.14. The maximum atomic E-state index is 13.5. The molecule has 2 aromatic heterocycles. The molecule has 0 aliphatic heterocycles. The number of aromatic nitrogens is 2. The number of carboxylic acids is 1. The zero-order valence-electron chi connectivity index (χ0n) is 23.0. The Balaban J connectivity index is 1.54. The summed E-state index contributed by atoms with van der Waals surface area (Å²) in [5.74, 6) is -2.13. The first-order chi connectivity index (χ1) is 19.5. The number of pyridine rings is 1. The highest BCUT2D eigenvalue weighted by atomic mass is 16.4. The molecule has 9 nitrogen and oxygen atoms in total. The second kappa shape index (κ2) is 12.3. The second-order valence-corrected chi connectivity index (χ2v) is 10.8. The van der Waals surface area contributed by atoms with Gasteiger partial charge in [0.05, 0.1) is 18.1 Å². The Kier molecular flexibility index (Phi) is 8.63. The number of hydrogen-bond acceptors (Lipinski definition) is 5. The number of aliphatic carboxylic acids is 1. The van der Waals surface area contributed by atoms with Crippen molar-refractivity contribution in [2.75, 3.05) is 5.32 Å². The van der Waals surface area contributed by atoms with E-state index in [4.69, 9.17) is 5.26 Å². The number of nitrogens with zero attached hydrogens (tertiary/aromatic N) is 3. The van der Waals surface area contributed by atoms with E-state index in [1.54, 1.807) is 53.6 Å². The number of carboxylic acid groups (broad SMARTS) is 1. The standard InChI is InChI=1S/C32H31N5O4/c1-32(2,3)29(31(41)35-26-12-15-34-16-13-26)36-30(40)27(18-28(38)39)37-17-14-25(20-37)24-10-8-23(9-11-24)22-6-4-21(19-33)5-7-22/h4-17,20,27,29H,18H2,1-3H3,(H,36,40)(H,38,39)(H,34,35,41)/t27-,29?/m1/s1. The lowest BCUT2D eigenvalue weighted by molar-refractivity contribution is -0.141. The first-order valence-corrected chi connectivity index (χ1v) is 13.1. The van der Waals surface area contributed by atoms with E-state index in [9.17, 15) is 19.5 Å². The molecule has 0 spiro atoms. The van der Waals surface area contributed by atoms with Gasteiger partial charge in [0.2, 0.25) is 11.8 Å². The first-order valence-electron chi connectivity index (χ1n) is 13.1. The summed E-state index contributed by atoms with van der Waals surface area (Å²) in [7, 11) is 0. The van der Waals surface area contributed by atoms with Gasteiger partial charge in [-0.05, 0) is 58.0 Å². The summed E-state index contributed by atoms with van der Waals surface area (Å²) in [5.41, 5.74) is 4.14. The fourth-order valence-corrected chi connectivity index (χ4v) is 4.43. The molecule has 4 rings (SSSR count). The zero-order valence-corrected chi connectivity index (χ0v) is 23.0. The van der Waals surface area contributed by atoms with Crippen LogP contribution in [-0.2, 0) is 14.4 Å². The minimum absolute atomic E-state index is 0.415. The van der Waals surface area contributed by atoms with Gasteiger partial charge in [-0.2, -0.15) is 5.26 Å². The lowest BCUT2D eigenvalue weighted by Gasteiger charge is -2.31. The summed E-state index contributed by atoms with van der Waals surface area (Å²) in [6.07, 6.45) is 6.04. The predicted molar refractivity (Wildman–Crippen MR) is 156 cm³/mol. The largest absolute Gasteiger partial charge is 0.481 e. The van der Waals surface area contributed by atoms with Crippen LogP contribution in [0.5, 0.6) is 0 Å². The molecule has 2 atom stereocenters. The lowest BCUT2D eigenvalue weighted by atomic mass is 9.85. The van der Waals surface area contributed by atoms with Gasteiger partial charge in [0.25, 0.3) is 0 Å². The molecule has 0 bridgehead atoms. The molecule has 0 aliphatic carbocycles. The molecule has 208 valence electrons. The van der Waals surface area contributed by atoms with Crippen LogP contribution in [-0.4, -0.2) is 38.5 Å². The molecular weight excluding hydrogens is 518 g/mol. The van der Waals surface area contributed by atoms with Crippen molar-refractivity contribution in [2.45, 2.75) is 39.3 Å². The van der Waals surface area contributed by atoms with Gasteiger partial charge in [-0.3, -0.25) is 19.4 Å². The molecule has 2 heterocycles. The minimum Gasteiger partial charge on any atom is -0.481 e. The van der Waals surface area contributed by atoms with Crippen molar-refractivity contribution >= 4 is 23.5 Å². The molecular formula is C32H31N5O4.